The third kappa shape index (κ3) is 4.55. The summed E-state index contributed by atoms with van der Waals surface area (Å²) in [5, 5.41) is 2.35. The summed E-state index contributed by atoms with van der Waals surface area (Å²) < 4.78 is 63.9. The molecule has 1 aromatic carbocycles. The first-order chi connectivity index (χ1) is 16.1. The van der Waals surface area contributed by atoms with Crippen LogP contribution in [0.3, 0.4) is 0 Å². The number of nitrogens with zero attached hydrogens (tertiary/aromatic N) is 3. The molecule has 1 unspecified atom stereocenters. The fourth-order valence-corrected chi connectivity index (χ4v) is 5.25. The molecule has 182 valence electrons. The molecule has 1 N–H and O–H groups in total. The summed E-state index contributed by atoms with van der Waals surface area (Å²) in [5.74, 6) is -2.46. The summed E-state index contributed by atoms with van der Waals surface area (Å²) in [6.45, 7) is 4.08. The molecule has 1 saturated heterocycles. The summed E-state index contributed by atoms with van der Waals surface area (Å²) in [7, 11) is -2.02. The first-order valence-electron chi connectivity index (χ1n) is 10.9. The molecular formula is C23H26F2N4O4S. The van der Waals surface area contributed by atoms with Gasteiger partial charge in [0.25, 0.3) is 5.91 Å². The van der Waals surface area contributed by atoms with Crippen LogP contribution >= 0.6 is 0 Å². The monoisotopic (exact) mass is 492 g/mol. The predicted octanol–water partition coefficient (Wildman–Crippen LogP) is 2.54. The summed E-state index contributed by atoms with van der Waals surface area (Å²) in [4.78, 5) is 16.4. The number of halogens is 2. The highest BCUT2D eigenvalue weighted by atomic mass is 32.2. The highest BCUT2D eigenvalue weighted by Gasteiger charge is 2.31. The number of sulfonamides is 1. The minimum absolute atomic E-state index is 0.0199. The SMILES string of the molecule is CCS(=O)(=O)N1CCOC(Cc2c(-c3c(F)cc(C(=O)NC)cc3F)nc3cc(C)ccn23)C1. The van der Waals surface area contributed by atoms with E-state index in [2.05, 4.69) is 10.3 Å². The van der Waals surface area contributed by atoms with Gasteiger partial charge in [0.2, 0.25) is 10.0 Å². The molecular weight excluding hydrogens is 466 g/mol. The Hall–Kier alpha value is -2.89. The largest absolute Gasteiger partial charge is 0.375 e. The molecule has 0 bridgehead atoms. The molecule has 1 aliphatic heterocycles. The lowest BCUT2D eigenvalue weighted by Gasteiger charge is -2.32. The molecule has 11 heteroatoms. The maximum atomic E-state index is 15.1. The van der Waals surface area contributed by atoms with E-state index in [0.29, 0.717) is 11.3 Å². The summed E-state index contributed by atoms with van der Waals surface area (Å²) >= 11 is 0. The maximum Gasteiger partial charge on any atom is 0.251 e. The molecule has 0 saturated carbocycles. The Morgan fingerprint density at radius 1 is 1.26 bits per heavy atom. The van der Waals surface area contributed by atoms with Crippen molar-refractivity contribution in [2.75, 3.05) is 32.5 Å². The van der Waals surface area contributed by atoms with Gasteiger partial charge >= 0.3 is 0 Å². The lowest BCUT2D eigenvalue weighted by Crippen LogP contribution is -2.46. The number of hydrogen-bond donors (Lipinski definition) is 1. The van der Waals surface area contributed by atoms with Crippen LogP contribution in [0.2, 0.25) is 0 Å². The number of imidazole rings is 1. The average molecular weight is 493 g/mol. The van der Waals surface area contributed by atoms with E-state index < -0.39 is 33.7 Å². The number of carbonyl (C=O) groups excluding carboxylic acids is 1. The number of pyridine rings is 1. The van der Waals surface area contributed by atoms with Crippen LogP contribution < -0.4 is 5.32 Å². The van der Waals surface area contributed by atoms with E-state index in [1.54, 1.807) is 23.6 Å². The zero-order chi connectivity index (χ0) is 24.6. The van der Waals surface area contributed by atoms with Gasteiger partial charge in [-0.25, -0.2) is 22.2 Å². The Kier molecular flexibility index (Phi) is 6.70. The average Bonchev–Trinajstić information content (AvgIpc) is 3.14. The highest BCUT2D eigenvalue weighted by molar-refractivity contribution is 7.89. The molecule has 1 aliphatic rings. The van der Waals surface area contributed by atoms with Crippen molar-refractivity contribution in [3.8, 4) is 11.3 Å². The second-order valence-electron chi connectivity index (χ2n) is 8.19. The van der Waals surface area contributed by atoms with Crippen LogP contribution in [0.5, 0.6) is 0 Å². The molecule has 2 aromatic heterocycles. The lowest BCUT2D eigenvalue weighted by atomic mass is 10.0. The van der Waals surface area contributed by atoms with E-state index in [0.717, 1.165) is 17.7 Å². The number of carbonyl (C=O) groups is 1. The number of amides is 1. The van der Waals surface area contributed by atoms with Crippen LogP contribution in [-0.4, -0.2) is 66.6 Å². The molecule has 3 aromatic rings. The smallest absolute Gasteiger partial charge is 0.251 e. The Bertz CT molecular complexity index is 1330. The third-order valence-corrected chi connectivity index (χ3v) is 7.78. The molecule has 1 atom stereocenters. The number of fused-ring (bicyclic) bond motifs is 1. The zero-order valence-electron chi connectivity index (χ0n) is 19.1. The van der Waals surface area contributed by atoms with Crippen LogP contribution in [0.25, 0.3) is 16.9 Å². The van der Waals surface area contributed by atoms with Crippen molar-refractivity contribution in [2.45, 2.75) is 26.4 Å². The van der Waals surface area contributed by atoms with Crippen LogP contribution in [0.1, 0.15) is 28.5 Å². The fourth-order valence-electron chi connectivity index (χ4n) is 4.13. The lowest BCUT2D eigenvalue weighted by molar-refractivity contribution is -0.000968. The minimum Gasteiger partial charge on any atom is -0.375 e. The Balaban J connectivity index is 1.80. The van der Waals surface area contributed by atoms with Crippen molar-refractivity contribution >= 4 is 21.6 Å². The van der Waals surface area contributed by atoms with E-state index in [4.69, 9.17) is 4.74 Å². The normalized spacial score (nSPS) is 17.3. The minimum atomic E-state index is -3.40. The van der Waals surface area contributed by atoms with Gasteiger partial charge in [-0.2, -0.15) is 4.31 Å². The van der Waals surface area contributed by atoms with Crippen molar-refractivity contribution in [3.63, 3.8) is 0 Å². The maximum absolute atomic E-state index is 15.1. The van der Waals surface area contributed by atoms with Crippen molar-refractivity contribution in [3.05, 3.63) is 58.9 Å². The Morgan fingerprint density at radius 2 is 1.97 bits per heavy atom. The van der Waals surface area contributed by atoms with E-state index in [-0.39, 0.29) is 48.7 Å². The van der Waals surface area contributed by atoms with Crippen LogP contribution in [0.15, 0.2) is 30.5 Å². The van der Waals surface area contributed by atoms with Gasteiger partial charge in [0, 0.05) is 38.3 Å². The van der Waals surface area contributed by atoms with E-state index in [1.165, 1.54) is 11.4 Å². The van der Waals surface area contributed by atoms with Crippen molar-refractivity contribution in [1.82, 2.24) is 19.0 Å². The third-order valence-electron chi connectivity index (χ3n) is 5.93. The van der Waals surface area contributed by atoms with Gasteiger partial charge in [0.15, 0.2) is 0 Å². The second kappa shape index (κ2) is 9.40. The topological polar surface area (TPSA) is 93.0 Å². The molecule has 0 spiro atoms. The molecule has 1 amide bonds. The highest BCUT2D eigenvalue weighted by Crippen LogP contribution is 2.32. The molecule has 1 fully saturated rings. The molecule has 3 heterocycles. The summed E-state index contributed by atoms with van der Waals surface area (Å²) in [6.07, 6.45) is 1.42. The van der Waals surface area contributed by atoms with Gasteiger partial charge in [-0.1, -0.05) is 0 Å². The molecule has 8 nitrogen and oxygen atoms in total. The quantitative estimate of drug-likeness (QED) is 0.571. The summed E-state index contributed by atoms with van der Waals surface area (Å²) in [6, 6.07) is 5.59. The number of benzene rings is 1. The molecule has 34 heavy (non-hydrogen) atoms. The molecule has 0 radical (unpaired) electrons. The number of hydrogen-bond acceptors (Lipinski definition) is 5. The van der Waals surface area contributed by atoms with Gasteiger partial charge in [0.05, 0.1) is 35.4 Å². The summed E-state index contributed by atoms with van der Waals surface area (Å²) in [5.41, 5.74) is 1.49. The Labute approximate surface area is 196 Å². The number of rotatable bonds is 6. The van der Waals surface area contributed by atoms with Crippen LogP contribution in [0.4, 0.5) is 8.78 Å². The van der Waals surface area contributed by atoms with Gasteiger partial charge < -0.3 is 14.5 Å². The van der Waals surface area contributed by atoms with Gasteiger partial charge in [-0.05, 0) is 43.7 Å². The number of aryl methyl sites for hydroxylation is 1. The first-order valence-corrected chi connectivity index (χ1v) is 12.5. The predicted molar refractivity (Wildman–Crippen MR) is 123 cm³/mol. The van der Waals surface area contributed by atoms with Crippen molar-refractivity contribution in [1.29, 1.82) is 0 Å². The number of aromatic nitrogens is 2. The fraction of sp³-hybridized carbons (Fsp3) is 0.391. The van der Waals surface area contributed by atoms with E-state index in [9.17, 15) is 13.2 Å². The Morgan fingerprint density at radius 3 is 2.62 bits per heavy atom. The second-order valence-corrected chi connectivity index (χ2v) is 10.4. The molecule has 0 aliphatic carbocycles. The van der Waals surface area contributed by atoms with Gasteiger partial charge in [0.1, 0.15) is 17.3 Å². The van der Waals surface area contributed by atoms with E-state index in [1.807, 2.05) is 13.0 Å². The van der Waals surface area contributed by atoms with Gasteiger partial charge in [-0.3, -0.25) is 4.79 Å². The number of nitrogens with one attached hydrogen (secondary N) is 1. The van der Waals surface area contributed by atoms with Gasteiger partial charge in [-0.15, -0.1) is 0 Å². The number of ether oxygens (including phenoxy) is 1. The van der Waals surface area contributed by atoms with E-state index >= 15 is 8.78 Å². The van der Waals surface area contributed by atoms with Crippen LogP contribution in [0, 0.1) is 18.6 Å². The van der Waals surface area contributed by atoms with Crippen LogP contribution in [-0.2, 0) is 21.2 Å². The number of morpholine rings is 1. The zero-order valence-corrected chi connectivity index (χ0v) is 20.0. The molecule has 4 rings (SSSR count). The van der Waals surface area contributed by atoms with Crippen molar-refractivity contribution in [2.24, 2.45) is 0 Å². The first kappa shape index (κ1) is 24.2. The van der Waals surface area contributed by atoms with Crippen molar-refractivity contribution < 1.29 is 26.7 Å². The standard InChI is InChI=1S/C23H26F2N4O4S/c1-4-34(31,32)28-7-8-33-16(13-28)12-19-22(27-20-9-14(2)5-6-29(19)20)21-17(24)10-15(11-18(21)25)23(30)26-3/h5-6,9-11,16H,4,7-8,12-13H2,1-3H3,(H,26,30).